The number of benzene rings is 1. The third-order valence-electron chi connectivity index (χ3n) is 6.21. The smallest absolute Gasteiger partial charge is 0.297 e. The van der Waals surface area contributed by atoms with Gasteiger partial charge in [-0.05, 0) is 49.4 Å². The quantitative estimate of drug-likeness (QED) is 0.535. The summed E-state index contributed by atoms with van der Waals surface area (Å²) in [6.45, 7) is 3.34. The van der Waals surface area contributed by atoms with E-state index in [0.717, 1.165) is 18.5 Å². The Morgan fingerprint density at radius 2 is 2.10 bits per heavy atom. The van der Waals surface area contributed by atoms with E-state index in [-0.39, 0.29) is 11.9 Å². The molecule has 9 nitrogen and oxygen atoms in total. The van der Waals surface area contributed by atoms with E-state index in [1.54, 1.807) is 18.6 Å². The Kier molecular flexibility index (Phi) is 4.02. The number of likely N-dealkylation sites (tertiary alicyclic amines) is 1. The summed E-state index contributed by atoms with van der Waals surface area (Å²) in [5, 5.41) is 11.7. The maximum Gasteiger partial charge on any atom is 0.297 e. The van der Waals surface area contributed by atoms with Crippen molar-refractivity contribution in [1.82, 2.24) is 29.9 Å². The number of aryl methyl sites for hydroxylation is 1. The first kappa shape index (κ1) is 18.1. The van der Waals surface area contributed by atoms with E-state index in [1.165, 1.54) is 4.80 Å². The molecule has 156 valence electrons. The summed E-state index contributed by atoms with van der Waals surface area (Å²) < 4.78 is 5.73. The first-order chi connectivity index (χ1) is 15.2. The largest absolute Gasteiger partial charge is 0.422 e. The second-order valence-corrected chi connectivity index (χ2v) is 8.25. The molecule has 0 radical (unpaired) electrons. The molecule has 2 fully saturated rings. The van der Waals surface area contributed by atoms with Crippen molar-refractivity contribution < 1.29 is 9.21 Å². The van der Waals surface area contributed by atoms with Crippen LogP contribution in [0.3, 0.4) is 0 Å². The molecule has 6 rings (SSSR count). The predicted molar refractivity (Wildman–Crippen MR) is 113 cm³/mol. The molecule has 9 heteroatoms. The molecule has 1 N–H and O–H groups in total. The van der Waals surface area contributed by atoms with Gasteiger partial charge in [0.1, 0.15) is 0 Å². The second kappa shape index (κ2) is 6.90. The Labute approximate surface area is 178 Å². The molecule has 0 spiro atoms. The molecule has 1 saturated carbocycles. The van der Waals surface area contributed by atoms with Gasteiger partial charge in [0.15, 0.2) is 5.58 Å². The second-order valence-electron chi connectivity index (χ2n) is 8.25. The summed E-state index contributed by atoms with van der Waals surface area (Å²) in [6.07, 6.45) is 6.07. The summed E-state index contributed by atoms with van der Waals surface area (Å²) in [7, 11) is 0. The predicted octanol–water partition coefficient (Wildman–Crippen LogP) is 2.68. The average Bonchev–Trinajstić information content (AvgIpc) is 3.17. The summed E-state index contributed by atoms with van der Waals surface area (Å²) in [6, 6.07) is 9.96. The van der Waals surface area contributed by atoms with Crippen molar-refractivity contribution in [2.75, 3.05) is 18.4 Å². The van der Waals surface area contributed by atoms with Crippen molar-refractivity contribution in [3.05, 3.63) is 60.0 Å². The van der Waals surface area contributed by atoms with Crippen LogP contribution < -0.4 is 5.32 Å². The van der Waals surface area contributed by atoms with Gasteiger partial charge in [-0.3, -0.25) is 4.79 Å². The van der Waals surface area contributed by atoms with Crippen LogP contribution in [-0.4, -0.2) is 54.9 Å². The first-order valence-corrected chi connectivity index (χ1v) is 10.4. The molecular weight excluding hydrogens is 394 g/mol. The zero-order valence-corrected chi connectivity index (χ0v) is 17.0. The number of nitrogens with zero attached hydrogens (tertiary/aromatic N) is 6. The van der Waals surface area contributed by atoms with Crippen LogP contribution in [0.15, 0.2) is 53.3 Å². The molecule has 3 atom stereocenters. The summed E-state index contributed by atoms with van der Waals surface area (Å²) >= 11 is 0. The zero-order chi connectivity index (χ0) is 20.9. The number of hydrogen-bond acceptors (Lipinski definition) is 7. The molecule has 1 aliphatic heterocycles. The minimum absolute atomic E-state index is 0.00855. The highest BCUT2D eigenvalue weighted by Crippen LogP contribution is 2.50. The zero-order valence-electron chi connectivity index (χ0n) is 17.0. The van der Waals surface area contributed by atoms with Crippen LogP contribution in [0.25, 0.3) is 16.9 Å². The molecule has 4 heterocycles. The number of anilines is 1. The lowest BCUT2D eigenvalue weighted by molar-refractivity contribution is 0.0714. The highest BCUT2D eigenvalue weighted by atomic mass is 16.4. The molecule has 4 aromatic rings. The number of oxazole rings is 1. The standard InChI is InChI=1S/C22H21N7O2/c1-13-4-5-17(29-25-7-8-26-29)16(9-13)21(30)28-12-14-10-15(14)18(28)11-24-22-27-20-19(31-22)3-2-6-23-20/h2-9,14-15,18H,10-12H2,1H3,(H,23,24,27)/t14-,15-,18-/m1/s1. The van der Waals surface area contributed by atoms with Crippen LogP contribution in [0.5, 0.6) is 0 Å². The number of hydrogen-bond donors (Lipinski definition) is 1. The van der Waals surface area contributed by atoms with Crippen molar-refractivity contribution in [3.8, 4) is 5.69 Å². The third-order valence-corrected chi connectivity index (χ3v) is 6.21. The lowest BCUT2D eigenvalue weighted by Gasteiger charge is -2.28. The molecule has 1 amide bonds. The Balaban J connectivity index is 1.26. The molecule has 1 aromatic carbocycles. The molecule has 0 bridgehead atoms. The van der Waals surface area contributed by atoms with Crippen LogP contribution in [0.1, 0.15) is 22.3 Å². The number of carbonyl (C=O) groups is 1. The van der Waals surface area contributed by atoms with Crippen LogP contribution in [0, 0.1) is 18.8 Å². The number of rotatable bonds is 5. The number of nitrogens with one attached hydrogen (secondary N) is 1. The van der Waals surface area contributed by atoms with E-state index in [0.29, 0.717) is 46.9 Å². The van der Waals surface area contributed by atoms with Gasteiger partial charge in [-0.25, -0.2) is 4.98 Å². The molecule has 31 heavy (non-hydrogen) atoms. The van der Waals surface area contributed by atoms with Gasteiger partial charge in [0.25, 0.3) is 11.9 Å². The Hall–Kier alpha value is -3.75. The molecule has 1 saturated heterocycles. The van der Waals surface area contributed by atoms with Crippen molar-refractivity contribution in [3.63, 3.8) is 0 Å². The van der Waals surface area contributed by atoms with Crippen LogP contribution >= 0.6 is 0 Å². The molecule has 3 aromatic heterocycles. The highest BCUT2D eigenvalue weighted by molar-refractivity contribution is 5.98. The van der Waals surface area contributed by atoms with Crippen LogP contribution in [-0.2, 0) is 0 Å². The van der Waals surface area contributed by atoms with Gasteiger partial charge in [0.2, 0.25) is 5.65 Å². The van der Waals surface area contributed by atoms with Crippen molar-refractivity contribution in [1.29, 1.82) is 0 Å². The lowest BCUT2D eigenvalue weighted by atomic mass is 10.1. The minimum atomic E-state index is 0.00855. The van der Waals surface area contributed by atoms with E-state index in [2.05, 4.69) is 25.5 Å². The normalized spacial score (nSPS) is 22.0. The Bertz CT molecular complexity index is 1230. The molecule has 1 aliphatic carbocycles. The fourth-order valence-electron chi connectivity index (χ4n) is 4.59. The molecular formula is C22H21N7O2. The van der Waals surface area contributed by atoms with E-state index < -0.39 is 0 Å². The SMILES string of the molecule is Cc1ccc(-n2nccn2)c(C(=O)N2C[C@H]3C[C@H]3[C@H]2CNc2nc3ncccc3o2)c1. The maximum atomic E-state index is 13.6. The van der Waals surface area contributed by atoms with Gasteiger partial charge >= 0.3 is 0 Å². The third kappa shape index (κ3) is 3.13. The van der Waals surface area contributed by atoms with E-state index in [1.807, 2.05) is 42.2 Å². The van der Waals surface area contributed by atoms with Crippen molar-refractivity contribution >= 4 is 23.2 Å². The molecule has 0 unspecified atom stereocenters. The van der Waals surface area contributed by atoms with Crippen LogP contribution in [0.4, 0.5) is 6.01 Å². The first-order valence-electron chi connectivity index (χ1n) is 10.4. The Morgan fingerprint density at radius 1 is 1.23 bits per heavy atom. The maximum absolute atomic E-state index is 13.6. The van der Waals surface area contributed by atoms with Crippen molar-refractivity contribution in [2.45, 2.75) is 19.4 Å². The van der Waals surface area contributed by atoms with Crippen molar-refractivity contribution in [2.24, 2.45) is 11.8 Å². The number of aromatic nitrogens is 5. The number of carbonyl (C=O) groups excluding carboxylic acids is 1. The van der Waals surface area contributed by atoms with E-state index in [9.17, 15) is 4.79 Å². The fourth-order valence-corrected chi connectivity index (χ4v) is 4.59. The lowest BCUT2D eigenvalue weighted by Crippen LogP contribution is -2.42. The summed E-state index contributed by atoms with van der Waals surface area (Å²) in [4.78, 5) is 25.7. The van der Waals surface area contributed by atoms with Crippen LogP contribution in [0.2, 0.25) is 0 Å². The fraction of sp³-hybridized carbons (Fsp3) is 0.318. The van der Waals surface area contributed by atoms with Gasteiger partial charge in [-0.15, -0.1) is 0 Å². The average molecular weight is 415 g/mol. The number of pyridine rings is 1. The van der Waals surface area contributed by atoms with Gasteiger partial charge in [0.05, 0.1) is 29.7 Å². The number of fused-ring (bicyclic) bond motifs is 2. The minimum Gasteiger partial charge on any atom is -0.422 e. The van der Waals surface area contributed by atoms with E-state index in [4.69, 9.17) is 4.42 Å². The van der Waals surface area contributed by atoms with E-state index >= 15 is 0 Å². The Morgan fingerprint density at radius 3 is 2.94 bits per heavy atom. The monoisotopic (exact) mass is 415 g/mol. The van der Waals surface area contributed by atoms with Gasteiger partial charge < -0.3 is 14.6 Å². The van der Waals surface area contributed by atoms with Gasteiger partial charge in [-0.1, -0.05) is 11.6 Å². The highest BCUT2D eigenvalue weighted by Gasteiger charge is 2.54. The summed E-state index contributed by atoms with van der Waals surface area (Å²) in [5.74, 6) is 1.08. The topological polar surface area (TPSA) is 102 Å². The molecule has 2 aliphatic rings. The van der Waals surface area contributed by atoms with Gasteiger partial charge in [0, 0.05) is 19.3 Å². The number of amides is 1. The summed E-state index contributed by atoms with van der Waals surface area (Å²) in [5.41, 5.74) is 3.55. The van der Waals surface area contributed by atoms with Gasteiger partial charge in [-0.2, -0.15) is 20.0 Å². The number of piperidine rings is 1.